The summed E-state index contributed by atoms with van der Waals surface area (Å²) >= 11 is 0. The smallest absolute Gasteiger partial charge is 0.280 e. The third-order valence-corrected chi connectivity index (χ3v) is 8.11. The second-order valence-corrected chi connectivity index (χ2v) is 10.4. The molecular formula is C22H39F2N5O. The molecule has 2 aliphatic heterocycles. The molecule has 4 aliphatic rings. The highest BCUT2D eigenvalue weighted by molar-refractivity contribution is 5.82. The molecule has 0 aromatic heterocycles. The minimum atomic E-state index is -2.84. The Kier molecular flexibility index (Phi) is 6.68. The van der Waals surface area contributed by atoms with Crippen molar-refractivity contribution in [1.82, 2.24) is 26.4 Å². The summed E-state index contributed by atoms with van der Waals surface area (Å²) in [4.78, 5) is 14.6. The first-order valence-corrected chi connectivity index (χ1v) is 11.9. The summed E-state index contributed by atoms with van der Waals surface area (Å²) in [7, 11) is 1.70. The zero-order valence-electron chi connectivity index (χ0n) is 18.6. The van der Waals surface area contributed by atoms with Crippen LogP contribution < -0.4 is 21.5 Å². The lowest BCUT2D eigenvalue weighted by Gasteiger charge is -2.40. The number of nitrogens with zero attached hydrogens (tertiary/aromatic N) is 1. The summed E-state index contributed by atoms with van der Waals surface area (Å²) in [6, 6.07) is 0.327. The molecule has 2 heterocycles. The zero-order chi connectivity index (χ0) is 21.5. The van der Waals surface area contributed by atoms with Crippen LogP contribution in [0.3, 0.4) is 0 Å². The van der Waals surface area contributed by atoms with Crippen LogP contribution >= 0.6 is 0 Å². The fourth-order valence-corrected chi connectivity index (χ4v) is 5.89. The molecule has 4 rings (SSSR count). The number of carbonyl (C=O) groups is 1. The second kappa shape index (κ2) is 8.96. The minimum absolute atomic E-state index is 0.00224. The van der Waals surface area contributed by atoms with Crippen molar-refractivity contribution in [3.63, 3.8) is 0 Å². The number of carbonyl (C=O) groups excluding carboxylic acids is 1. The van der Waals surface area contributed by atoms with E-state index in [0.717, 1.165) is 38.0 Å². The molecule has 2 saturated carbocycles. The molecule has 0 bridgehead atoms. The van der Waals surface area contributed by atoms with Crippen LogP contribution in [0.5, 0.6) is 0 Å². The summed E-state index contributed by atoms with van der Waals surface area (Å²) in [5, 5.41) is 6.82. The number of hydrogen-bond acceptors (Lipinski definition) is 5. The van der Waals surface area contributed by atoms with E-state index in [2.05, 4.69) is 28.4 Å². The topological polar surface area (TPSA) is 68.4 Å². The first kappa shape index (κ1) is 22.4. The molecule has 172 valence electrons. The molecule has 0 aromatic rings. The van der Waals surface area contributed by atoms with Gasteiger partial charge in [0.15, 0.2) is 0 Å². The summed E-state index contributed by atoms with van der Waals surface area (Å²) in [5.41, 5.74) is 5.53. The van der Waals surface area contributed by atoms with Gasteiger partial charge in [-0.3, -0.25) is 9.69 Å². The Bertz CT molecular complexity index is 616. The fraction of sp³-hybridized carbons (Fsp3) is 0.955. The van der Waals surface area contributed by atoms with Gasteiger partial charge >= 0.3 is 0 Å². The van der Waals surface area contributed by atoms with Crippen LogP contribution in [0.4, 0.5) is 8.78 Å². The van der Waals surface area contributed by atoms with Gasteiger partial charge in [0, 0.05) is 18.0 Å². The van der Waals surface area contributed by atoms with Gasteiger partial charge < -0.3 is 10.6 Å². The van der Waals surface area contributed by atoms with Gasteiger partial charge in [-0.1, -0.05) is 20.3 Å². The van der Waals surface area contributed by atoms with Gasteiger partial charge in [0.05, 0.1) is 12.7 Å². The molecule has 1 amide bonds. The Morgan fingerprint density at radius 3 is 2.60 bits per heavy atom. The summed E-state index contributed by atoms with van der Waals surface area (Å²) in [5.74, 6) is -2.25. The van der Waals surface area contributed by atoms with Gasteiger partial charge in [-0.05, 0) is 69.7 Å². The maximum absolute atomic E-state index is 15.2. The van der Waals surface area contributed by atoms with E-state index in [4.69, 9.17) is 0 Å². The minimum Gasteiger partial charge on any atom is -0.352 e. The third kappa shape index (κ3) is 4.66. The lowest BCUT2D eigenvalue weighted by Crippen LogP contribution is -2.57. The van der Waals surface area contributed by atoms with Crippen LogP contribution in [0.2, 0.25) is 0 Å². The van der Waals surface area contributed by atoms with Gasteiger partial charge in [-0.25, -0.2) is 19.6 Å². The highest BCUT2D eigenvalue weighted by atomic mass is 19.3. The monoisotopic (exact) mass is 427 g/mol. The molecule has 0 aromatic carbocycles. The van der Waals surface area contributed by atoms with E-state index < -0.39 is 18.0 Å². The van der Waals surface area contributed by atoms with E-state index in [1.54, 1.807) is 18.9 Å². The van der Waals surface area contributed by atoms with Crippen LogP contribution in [-0.2, 0) is 4.79 Å². The van der Waals surface area contributed by atoms with Crippen molar-refractivity contribution in [3.05, 3.63) is 0 Å². The highest BCUT2D eigenvalue weighted by Crippen LogP contribution is 2.42. The van der Waals surface area contributed by atoms with Gasteiger partial charge in [-0.15, -0.1) is 0 Å². The summed E-state index contributed by atoms with van der Waals surface area (Å²) in [6.45, 7) is 4.36. The average Bonchev–Trinajstić information content (AvgIpc) is 3.47. The van der Waals surface area contributed by atoms with E-state index >= 15 is 8.78 Å². The number of nitrogens with one attached hydrogen (secondary N) is 4. The van der Waals surface area contributed by atoms with Crippen molar-refractivity contribution in [2.45, 2.75) is 95.4 Å². The highest BCUT2D eigenvalue weighted by Gasteiger charge is 2.51. The molecule has 30 heavy (non-hydrogen) atoms. The van der Waals surface area contributed by atoms with E-state index in [1.165, 1.54) is 12.8 Å². The Labute approximate surface area is 179 Å². The SMILES string of the molecule is CC1CCC(C(=O)NC2CCCC(C(C)C(F)(F)C3NNCN3C)C2)NC1C1CC1. The van der Waals surface area contributed by atoms with E-state index in [0.29, 0.717) is 25.0 Å². The maximum Gasteiger partial charge on any atom is 0.280 e. The van der Waals surface area contributed by atoms with Crippen LogP contribution in [-0.4, -0.2) is 54.7 Å². The summed E-state index contributed by atoms with van der Waals surface area (Å²) in [6.07, 6.45) is 6.72. The standard InChI is InChI=1S/C22H39F2N5O/c1-13-7-10-18(27-19(13)15-8-9-15)20(30)26-17-6-4-5-16(11-17)14(2)22(23,24)21-28-25-12-29(21)3/h13-19,21,25,27-28H,4-12H2,1-3H3,(H,26,30). The number of amides is 1. The van der Waals surface area contributed by atoms with Crippen molar-refractivity contribution >= 4 is 5.91 Å². The molecular weight excluding hydrogens is 388 g/mol. The maximum atomic E-state index is 15.2. The molecule has 4 N–H and O–H groups in total. The number of halogens is 2. The van der Waals surface area contributed by atoms with E-state index in [-0.39, 0.29) is 23.9 Å². The van der Waals surface area contributed by atoms with Gasteiger partial charge in [-0.2, -0.15) is 0 Å². The fourth-order valence-electron chi connectivity index (χ4n) is 5.89. The number of alkyl halides is 2. The first-order valence-electron chi connectivity index (χ1n) is 11.9. The Hall–Kier alpha value is -0.830. The molecule has 7 atom stereocenters. The van der Waals surface area contributed by atoms with Crippen LogP contribution in [0.25, 0.3) is 0 Å². The van der Waals surface area contributed by atoms with Crippen LogP contribution in [0, 0.1) is 23.7 Å². The number of hydrogen-bond donors (Lipinski definition) is 4. The molecule has 0 spiro atoms. The predicted octanol–water partition coefficient (Wildman–Crippen LogP) is 2.42. The quantitative estimate of drug-likeness (QED) is 0.524. The van der Waals surface area contributed by atoms with Crippen molar-refractivity contribution in [1.29, 1.82) is 0 Å². The largest absolute Gasteiger partial charge is 0.352 e. The lowest BCUT2D eigenvalue weighted by atomic mass is 9.75. The Morgan fingerprint density at radius 2 is 1.93 bits per heavy atom. The van der Waals surface area contributed by atoms with Crippen molar-refractivity contribution < 1.29 is 13.6 Å². The second-order valence-electron chi connectivity index (χ2n) is 10.4. The van der Waals surface area contributed by atoms with Gasteiger partial charge in [0.25, 0.3) is 5.92 Å². The normalized spacial score (nSPS) is 39.6. The molecule has 2 saturated heterocycles. The van der Waals surface area contributed by atoms with Crippen LogP contribution in [0.15, 0.2) is 0 Å². The third-order valence-electron chi connectivity index (χ3n) is 8.11. The summed E-state index contributed by atoms with van der Waals surface area (Å²) < 4.78 is 30.3. The first-order chi connectivity index (χ1) is 14.3. The van der Waals surface area contributed by atoms with E-state index in [1.807, 2.05) is 0 Å². The molecule has 4 fully saturated rings. The van der Waals surface area contributed by atoms with Crippen molar-refractivity contribution in [2.75, 3.05) is 13.7 Å². The van der Waals surface area contributed by atoms with Crippen LogP contribution in [0.1, 0.15) is 65.2 Å². The zero-order valence-corrected chi connectivity index (χ0v) is 18.6. The lowest BCUT2D eigenvalue weighted by molar-refractivity contribution is -0.134. The van der Waals surface area contributed by atoms with Gasteiger partial charge in [0.1, 0.15) is 6.17 Å². The molecule has 2 aliphatic carbocycles. The number of hydrazine groups is 1. The number of piperidine rings is 1. The molecule has 6 nitrogen and oxygen atoms in total. The van der Waals surface area contributed by atoms with Crippen molar-refractivity contribution in [3.8, 4) is 0 Å². The Balaban J connectivity index is 1.32. The molecule has 7 unspecified atom stereocenters. The number of rotatable bonds is 6. The molecule has 8 heteroatoms. The predicted molar refractivity (Wildman–Crippen MR) is 113 cm³/mol. The molecule has 0 radical (unpaired) electrons. The van der Waals surface area contributed by atoms with E-state index in [9.17, 15) is 4.79 Å². The average molecular weight is 428 g/mol. The van der Waals surface area contributed by atoms with Gasteiger partial charge in [0.2, 0.25) is 5.91 Å². The Morgan fingerprint density at radius 1 is 1.17 bits per heavy atom. The van der Waals surface area contributed by atoms with Crippen molar-refractivity contribution in [2.24, 2.45) is 23.7 Å².